The number of nitrogens with zero attached hydrogens (tertiary/aromatic N) is 3. The molecule has 0 saturated carbocycles. The van der Waals surface area contributed by atoms with Crippen LogP contribution in [0.25, 0.3) is 0 Å². The van der Waals surface area contributed by atoms with Crippen LogP contribution in [0.2, 0.25) is 0 Å². The summed E-state index contributed by atoms with van der Waals surface area (Å²) in [6.45, 7) is 0. The number of aromatic amines is 1. The Kier molecular flexibility index (Phi) is 3.58. The van der Waals surface area contributed by atoms with Crippen LogP contribution in [0.15, 0.2) is 45.3 Å². The summed E-state index contributed by atoms with van der Waals surface area (Å²) >= 11 is 0.958. The van der Waals surface area contributed by atoms with Crippen LogP contribution in [0.1, 0.15) is 5.56 Å². The zero-order valence-electron chi connectivity index (χ0n) is 9.36. The SMILES string of the molecule is N#Cc1ccc(Sc2nccc(=O)[nH]2)c([N+](=O)[O-])c1. The van der Waals surface area contributed by atoms with E-state index in [1.807, 2.05) is 6.07 Å². The molecule has 0 atom stereocenters. The molecule has 0 aliphatic heterocycles. The van der Waals surface area contributed by atoms with E-state index >= 15 is 0 Å². The van der Waals surface area contributed by atoms with Crippen molar-refractivity contribution in [3.63, 3.8) is 0 Å². The van der Waals surface area contributed by atoms with Crippen molar-refractivity contribution in [3.05, 3.63) is 56.5 Å². The minimum atomic E-state index is -0.579. The van der Waals surface area contributed by atoms with Crippen LogP contribution in [-0.4, -0.2) is 14.9 Å². The highest BCUT2D eigenvalue weighted by atomic mass is 32.2. The third kappa shape index (κ3) is 2.97. The number of nitriles is 1. The van der Waals surface area contributed by atoms with E-state index in [-0.39, 0.29) is 22.0 Å². The van der Waals surface area contributed by atoms with Gasteiger partial charge in [0.05, 0.1) is 21.5 Å². The van der Waals surface area contributed by atoms with Crippen LogP contribution >= 0.6 is 11.8 Å². The molecule has 1 aromatic carbocycles. The largest absolute Gasteiger partial charge is 0.301 e. The lowest BCUT2D eigenvalue weighted by Crippen LogP contribution is -2.05. The monoisotopic (exact) mass is 274 g/mol. The van der Waals surface area contributed by atoms with E-state index in [9.17, 15) is 14.9 Å². The summed E-state index contributed by atoms with van der Waals surface area (Å²) < 4.78 is 0. The second-order valence-corrected chi connectivity index (χ2v) is 4.42. The third-order valence-electron chi connectivity index (χ3n) is 2.14. The number of hydrogen-bond acceptors (Lipinski definition) is 6. The summed E-state index contributed by atoms with van der Waals surface area (Å²) in [5.41, 5.74) is -0.338. The molecule has 0 spiro atoms. The summed E-state index contributed by atoms with van der Waals surface area (Å²) in [6, 6.07) is 7.19. The van der Waals surface area contributed by atoms with E-state index in [0.717, 1.165) is 11.8 Å². The molecule has 0 aliphatic carbocycles. The van der Waals surface area contributed by atoms with Crippen LogP contribution < -0.4 is 5.56 Å². The van der Waals surface area contributed by atoms with Crippen LogP contribution in [0.5, 0.6) is 0 Å². The van der Waals surface area contributed by atoms with Crippen LogP contribution in [-0.2, 0) is 0 Å². The van der Waals surface area contributed by atoms with Gasteiger partial charge in [-0.3, -0.25) is 14.9 Å². The van der Waals surface area contributed by atoms with Crippen molar-refractivity contribution in [3.8, 4) is 6.07 Å². The van der Waals surface area contributed by atoms with Crippen molar-refractivity contribution in [1.29, 1.82) is 5.26 Å². The molecule has 0 unspecified atom stereocenters. The first-order chi connectivity index (χ1) is 9.10. The zero-order valence-corrected chi connectivity index (χ0v) is 10.2. The van der Waals surface area contributed by atoms with Crippen LogP contribution in [0.4, 0.5) is 5.69 Å². The van der Waals surface area contributed by atoms with E-state index in [1.54, 1.807) is 0 Å². The molecule has 0 radical (unpaired) electrons. The summed E-state index contributed by atoms with van der Waals surface area (Å²) in [6.07, 6.45) is 1.32. The van der Waals surface area contributed by atoms with Gasteiger partial charge in [0.1, 0.15) is 0 Å². The van der Waals surface area contributed by atoms with Crippen molar-refractivity contribution in [2.24, 2.45) is 0 Å². The molecule has 2 aromatic rings. The maximum Gasteiger partial charge on any atom is 0.284 e. The van der Waals surface area contributed by atoms with Crippen molar-refractivity contribution in [2.75, 3.05) is 0 Å². The Balaban J connectivity index is 2.43. The molecule has 2 rings (SSSR count). The second-order valence-electron chi connectivity index (χ2n) is 3.39. The van der Waals surface area contributed by atoms with E-state index in [4.69, 9.17) is 5.26 Å². The standard InChI is InChI=1S/C11H6N4O3S/c12-6-7-1-2-9(8(5-7)15(17)18)19-11-13-4-3-10(16)14-11/h1-5H,(H,13,14,16). The van der Waals surface area contributed by atoms with Gasteiger partial charge >= 0.3 is 0 Å². The maximum atomic E-state index is 11.1. The predicted octanol–water partition coefficient (Wildman–Crippen LogP) is 1.70. The predicted molar refractivity (Wildman–Crippen MR) is 66.8 cm³/mol. The van der Waals surface area contributed by atoms with Crippen LogP contribution in [0, 0.1) is 21.4 Å². The fourth-order valence-corrected chi connectivity index (χ4v) is 2.17. The molecule has 1 N–H and O–H groups in total. The molecule has 94 valence electrons. The average Bonchev–Trinajstić information content (AvgIpc) is 2.39. The van der Waals surface area contributed by atoms with E-state index in [1.165, 1.54) is 30.5 Å². The number of aromatic nitrogens is 2. The number of hydrogen-bond donors (Lipinski definition) is 1. The summed E-state index contributed by atoms with van der Waals surface area (Å²) in [4.78, 5) is 28.1. The Morgan fingerprint density at radius 1 is 1.42 bits per heavy atom. The Morgan fingerprint density at radius 2 is 2.21 bits per heavy atom. The molecule has 0 fully saturated rings. The minimum Gasteiger partial charge on any atom is -0.301 e. The Bertz CT molecular complexity index is 735. The van der Waals surface area contributed by atoms with Gasteiger partial charge in [-0.2, -0.15) is 5.26 Å². The molecular weight excluding hydrogens is 268 g/mol. The molecule has 1 heterocycles. The van der Waals surface area contributed by atoms with Gasteiger partial charge in [0.2, 0.25) is 0 Å². The quantitative estimate of drug-likeness (QED) is 0.517. The number of rotatable bonds is 3. The number of H-pyrrole nitrogens is 1. The second kappa shape index (κ2) is 5.32. The highest BCUT2D eigenvalue weighted by Crippen LogP contribution is 2.32. The summed E-state index contributed by atoms with van der Waals surface area (Å²) in [7, 11) is 0. The van der Waals surface area contributed by atoms with Gasteiger partial charge in [0.15, 0.2) is 5.16 Å². The van der Waals surface area contributed by atoms with Gasteiger partial charge in [-0.05, 0) is 23.9 Å². The normalized spacial score (nSPS) is 9.84. The van der Waals surface area contributed by atoms with E-state index in [0.29, 0.717) is 4.90 Å². The first-order valence-corrected chi connectivity index (χ1v) is 5.83. The van der Waals surface area contributed by atoms with Gasteiger partial charge in [-0.15, -0.1) is 0 Å². The number of benzene rings is 1. The van der Waals surface area contributed by atoms with Crippen molar-refractivity contribution >= 4 is 17.4 Å². The highest BCUT2D eigenvalue weighted by Gasteiger charge is 2.16. The first-order valence-electron chi connectivity index (χ1n) is 5.02. The molecule has 0 saturated heterocycles. The summed E-state index contributed by atoms with van der Waals surface area (Å²) in [5.74, 6) is 0. The van der Waals surface area contributed by atoms with Crippen LogP contribution in [0.3, 0.4) is 0 Å². The fraction of sp³-hybridized carbons (Fsp3) is 0. The molecule has 8 heteroatoms. The summed E-state index contributed by atoms with van der Waals surface area (Å²) in [5, 5.41) is 19.9. The number of nitro groups is 1. The molecule has 0 amide bonds. The molecule has 19 heavy (non-hydrogen) atoms. The Morgan fingerprint density at radius 3 is 2.84 bits per heavy atom. The lowest BCUT2D eigenvalue weighted by atomic mass is 10.2. The number of nitrogens with one attached hydrogen (secondary N) is 1. The topological polar surface area (TPSA) is 113 Å². The van der Waals surface area contributed by atoms with E-state index < -0.39 is 4.92 Å². The molecule has 0 bridgehead atoms. The molecule has 0 aliphatic rings. The fourth-order valence-electron chi connectivity index (χ4n) is 1.32. The number of nitro benzene ring substituents is 1. The lowest BCUT2D eigenvalue weighted by Gasteiger charge is -2.02. The van der Waals surface area contributed by atoms with Gasteiger partial charge in [-0.1, -0.05) is 0 Å². The smallest absolute Gasteiger partial charge is 0.284 e. The third-order valence-corrected chi connectivity index (χ3v) is 3.11. The zero-order chi connectivity index (χ0) is 13.8. The molecule has 1 aromatic heterocycles. The minimum absolute atomic E-state index is 0.199. The van der Waals surface area contributed by atoms with Gasteiger partial charge in [0, 0.05) is 18.3 Å². The maximum absolute atomic E-state index is 11.1. The molecular formula is C11H6N4O3S. The Hall–Kier alpha value is -2.66. The van der Waals surface area contributed by atoms with Gasteiger partial charge in [0.25, 0.3) is 11.2 Å². The average molecular weight is 274 g/mol. The van der Waals surface area contributed by atoms with Crippen molar-refractivity contribution in [1.82, 2.24) is 9.97 Å². The Labute approximate surface area is 111 Å². The van der Waals surface area contributed by atoms with E-state index in [2.05, 4.69) is 9.97 Å². The van der Waals surface area contributed by atoms with Gasteiger partial charge in [-0.25, -0.2) is 4.98 Å². The highest BCUT2D eigenvalue weighted by molar-refractivity contribution is 7.99. The lowest BCUT2D eigenvalue weighted by molar-refractivity contribution is -0.387. The molecule has 7 nitrogen and oxygen atoms in total. The first kappa shape index (κ1) is 12.8. The van der Waals surface area contributed by atoms with Crippen molar-refractivity contribution < 1.29 is 4.92 Å². The van der Waals surface area contributed by atoms with Gasteiger partial charge < -0.3 is 4.98 Å². The van der Waals surface area contributed by atoms with Crippen molar-refractivity contribution in [2.45, 2.75) is 10.1 Å².